The van der Waals surface area contributed by atoms with Crippen LogP contribution in [0.15, 0.2) is 40.1 Å². The third kappa shape index (κ3) is 2.88. The molecule has 0 amide bonds. The Hall–Kier alpha value is -1.42. The number of aromatic nitrogens is 2. The summed E-state index contributed by atoms with van der Waals surface area (Å²) in [5, 5.41) is 16.1. The summed E-state index contributed by atoms with van der Waals surface area (Å²) in [4.78, 5) is 4.83. The first-order valence-electron chi connectivity index (χ1n) is 8.58. The molecule has 6 heteroatoms. The number of likely N-dealkylation sites (N-methyl/N-ethyl adjacent to an activating group) is 1. The molecule has 3 aromatic rings. The summed E-state index contributed by atoms with van der Waals surface area (Å²) >= 11 is 4.43. The molecule has 2 radical (unpaired) electrons. The number of aromatic hydroxyl groups is 1. The molecule has 2 aromatic carbocycles. The van der Waals surface area contributed by atoms with Crippen molar-refractivity contribution >= 4 is 43.9 Å². The van der Waals surface area contributed by atoms with Gasteiger partial charge in [0, 0.05) is 0 Å². The summed E-state index contributed by atoms with van der Waals surface area (Å²) in [6.07, 6.45) is 0. The fourth-order valence-electron chi connectivity index (χ4n) is 3.37. The normalized spacial score (nSPS) is 12.8. The van der Waals surface area contributed by atoms with E-state index in [0.717, 1.165) is 42.3 Å². The van der Waals surface area contributed by atoms with E-state index in [1.807, 2.05) is 12.1 Å². The minimum absolute atomic E-state index is 0.289. The second-order valence-electron chi connectivity index (χ2n) is 6.19. The molecule has 0 saturated carbocycles. The van der Waals surface area contributed by atoms with Crippen molar-refractivity contribution in [1.29, 1.82) is 0 Å². The average Bonchev–Trinajstić information content (AvgIpc) is 2.99. The Morgan fingerprint density at radius 1 is 1.20 bits per heavy atom. The SMILES string of the molecule is CCN(CC)CCn1nc2c3c(c([As])ccc31)Sc1ccc(O)cc1-2. The molecule has 0 atom stereocenters. The van der Waals surface area contributed by atoms with Crippen molar-refractivity contribution in [2.75, 3.05) is 19.6 Å². The number of fused-ring (bicyclic) bond motifs is 2. The number of phenols is 1. The fraction of sp³-hybridized carbons (Fsp3) is 0.316. The Kier molecular flexibility index (Phi) is 4.57. The molecule has 1 aliphatic rings. The third-order valence-electron chi connectivity index (χ3n) is 4.80. The molecular formula is C19H20AsN3OS. The summed E-state index contributed by atoms with van der Waals surface area (Å²) in [5.74, 6) is 0.289. The van der Waals surface area contributed by atoms with E-state index < -0.39 is 0 Å². The first-order chi connectivity index (χ1) is 12.1. The quantitative estimate of drug-likeness (QED) is 0.511. The molecule has 0 saturated heterocycles. The molecule has 128 valence electrons. The second kappa shape index (κ2) is 6.71. The van der Waals surface area contributed by atoms with E-state index in [-0.39, 0.29) is 5.75 Å². The molecule has 4 rings (SSSR count). The topological polar surface area (TPSA) is 41.3 Å². The van der Waals surface area contributed by atoms with Gasteiger partial charge in [-0.3, -0.25) is 0 Å². The predicted octanol–water partition coefficient (Wildman–Crippen LogP) is 3.01. The van der Waals surface area contributed by atoms with Gasteiger partial charge in [-0.25, -0.2) is 0 Å². The first kappa shape index (κ1) is 17.0. The van der Waals surface area contributed by atoms with Gasteiger partial charge in [-0.1, -0.05) is 0 Å². The summed E-state index contributed by atoms with van der Waals surface area (Å²) in [6.45, 7) is 8.35. The molecule has 0 bridgehead atoms. The number of rotatable bonds is 5. The number of benzene rings is 2. The zero-order chi connectivity index (χ0) is 17.6. The van der Waals surface area contributed by atoms with Crippen molar-refractivity contribution < 1.29 is 5.11 Å². The van der Waals surface area contributed by atoms with E-state index in [1.165, 1.54) is 20.1 Å². The monoisotopic (exact) mass is 413 g/mol. The summed E-state index contributed by atoms with van der Waals surface area (Å²) in [6, 6.07) is 9.89. The summed E-state index contributed by atoms with van der Waals surface area (Å²) < 4.78 is 3.34. The van der Waals surface area contributed by atoms with Gasteiger partial charge < -0.3 is 0 Å². The molecule has 0 aliphatic carbocycles. The van der Waals surface area contributed by atoms with Crippen LogP contribution in [0.4, 0.5) is 0 Å². The van der Waals surface area contributed by atoms with Crippen molar-refractivity contribution in [3.63, 3.8) is 0 Å². The number of nitrogens with zero attached hydrogens (tertiary/aromatic N) is 3. The van der Waals surface area contributed by atoms with Crippen LogP contribution in [-0.4, -0.2) is 56.3 Å². The van der Waals surface area contributed by atoms with Crippen LogP contribution in [0.3, 0.4) is 0 Å². The van der Waals surface area contributed by atoms with Crippen molar-refractivity contribution in [1.82, 2.24) is 14.7 Å². The van der Waals surface area contributed by atoms with Gasteiger partial charge in [0.25, 0.3) is 0 Å². The van der Waals surface area contributed by atoms with Gasteiger partial charge in [-0.15, -0.1) is 0 Å². The van der Waals surface area contributed by atoms with Crippen molar-refractivity contribution in [3.05, 3.63) is 30.3 Å². The van der Waals surface area contributed by atoms with Gasteiger partial charge in [0.05, 0.1) is 0 Å². The maximum atomic E-state index is 9.94. The van der Waals surface area contributed by atoms with Crippen molar-refractivity contribution in [2.24, 2.45) is 0 Å². The van der Waals surface area contributed by atoms with Gasteiger partial charge in [-0.2, -0.15) is 0 Å². The molecule has 0 unspecified atom stereocenters. The van der Waals surface area contributed by atoms with Crippen LogP contribution in [0, 0.1) is 0 Å². The van der Waals surface area contributed by atoms with Crippen molar-refractivity contribution in [2.45, 2.75) is 30.2 Å². The number of phenolic OH excluding ortho intramolecular Hbond substituents is 1. The van der Waals surface area contributed by atoms with E-state index >= 15 is 0 Å². The average molecular weight is 413 g/mol. The van der Waals surface area contributed by atoms with Gasteiger partial charge >= 0.3 is 161 Å². The minimum atomic E-state index is 0.289. The zero-order valence-corrected chi connectivity index (χ0v) is 17.1. The van der Waals surface area contributed by atoms with Crippen LogP contribution in [0.2, 0.25) is 0 Å². The second-order valence-corrected chi connectivity index (χ2v) is 8.25. The molecule has 25 heavy (non-hydrogen) atoms. The molecule has 1 N–H and O–H groups in total. The van der Waals surface area contributed by atoms with E-state index in [9.17, 15) is 5.11 Å². The third-order valence-corrected chi connectivity index (χ3v) is 7.12. The van der Waals surface area contributed by atoms with E-state index in [1.54, 1.807) is 17.8 Å². The molecule has 0 fully saturated rings. The number of hydrogen-bond donors (Lipinski definition) is 1. The van der Waals surface area contributed by atoms with E-state index in [2.05, 4.69) is 52.4 Å². The number of hydrogen-bond acceptors (Lipinski definition) is 4. The standard InChI is InChI=1S/C19H20AsN3OS/c1-3-22(4-2)9-10-23-15-7-6-14(20)19-17(15)18(21-23)13-11-12(24)5-8-16(13)25-19/h5-8,11,24H,3-4,9-10H2,1-2H3. The van der Waals surface area contributed by atoms with Gasteiger partial charge in [0.1, 0.15) is 0 Å². The Labute approximate surface area is 160 Å². The van der Waals surface area contributed by atoms with Gasteiger partial charge in [0.2, 0.25) is 0 Å². The Morgan fingerprint density at radius 2 is 2.00 bits per heavy atom. The van der Waals surface area contributed by atoms with Gasteiger partial charge in [-0.05, 0) is 0 Å². The van der Waals surface area contributed by atoms with Crippen LogP contribution in [-0.2, 0) is 6.54 Å². The molecule has 1 aromatic heterocycles. The molecular weight excluding hydrogens is 393 g/mol. The van der Waals surface area contributed by atoms with E-state index in [0.29, 0.717) is 0 Å². The summed E-state index contributed by atoms with van der Waals surface area (Å²) in [7, 11) is 0. The van der Waals surface area contributed by atoms with Crippen LogP contribution >= 0.6 is 11.8 Å². The van der Waals surface area contributed by atoms with Gasteiger partial charge in [0.15, 0.2) is 0 Å². The Balaban J connectivity index is 1.86. The molecule has 1 aliphatic heterocycles. The zero-order valence-electron chi connectivity index (χ0n) is 14.4. The predicted molar refractivity (Wildman–Crippen MR) is 104 cm³/mol. The molecule has 2 heterocycles. The van der Waals surface area contributed by atoms with Crippen LogP contribution in [0.1, 0.15) is 13.8 Å². The van der Waals surface area contributed by atoms with Crippen molar-refractivity contribution in [3.8, 4) is 17.0 Å². The summed E-state index contributed by atoms with van der Waals surface area (Å²) in [5.41, 5.74) is 3.19. The first-order valence-corrected chi connectivity index (χ1v) is 10.3. The van der Waals surface area contributed by atoms with Crippen LogP contribution < -0.4 is 4.35 Å². The maximum absolute atomic E-state index is 9.94. The van der Waals surface area contributed by atoms with Crippen LogP contribution in [0.5, 0.6) is 5.75 Å². The Bertz CT molecular complexity index is 949. The molecule has 4 nitrogen and oxygen atoms in total. The Morgan fingerprint density at radius 3 is 2.76 bits per heavy atom. The fourth-order valence-corrected chi connectivity index (χ4v) is 5.15. The molecule has 0 spiro atoms. The van der Waals surface area contributed by atoms with Crippen LogP contribution in [0.25, 0.3) is 22.2 Å². The van der Waals surface area contributed by atoms with E-state index in [4.69, 9.17) is 5.10 Å².